The number of unbranched alkanes of at least 4 members (excludes halogenated alkanes) is 2. The zero-order chi connectivity index (χ0) is 19.9. The fraction of sp³-hybridized carbons (Fsp3) is 0.286. The van der Waals surface area contributed by atoms with Gasteiger partial charge in [0, 0.05) is 19.0 Å². The van der Waals surface area contributed by atoms with Crippen molar-refractivity contribution in [1.29, 1.82) is 0 Å². The molecular weight excluding hydrogens is 368 g/mol. The highest BCUT2D eigenvalue weighted by atomic mass is 16.5. The van der Waals surface area contributed by atoms with Crippen molar-refractivity contribution >= 4 is 16.9 Å². The van der Waals surface area contributed by atoms with Gasteiger partial charge in [0.25, 0.3) is 11.7 Å². The molecule has 3 heterocycles. The smallest absolute Gasteiger partial charge is 0.293 e. The van der Waals surface area contributed by atoms with E-state index in [0.717, 1.165) is 48.2 Å². The number of carbonyl (C=O) groups excluding carboxylic acids is 1. The Hall–Kier alpha value is -3.55. The van der Waals surface area contributed by atoms with E-state index in [-0.39, 0.29) is 11.7 Å². The largest absolute Gasteiger partial charge is 0.344 e. The van der Waals surface area contributed by atoms with E-state index in [4.69, 9.17) is 4.52 Å². The fourth-order valence-electron chi connectivity index (χ4n) is 3.07. The number of H-pyrrole nitrogens is 1. The van der Waals surface area contributed by atoms with Gasteiger partial charge in [0.15, 0.2) is 0 Å². The van der Waals surface area contributed by atoms with Gasteiger partial charge in [-0.1, -0.05) is 29.8 Å². The number of nitrogens with one attached hydrogen (secondary N) is 2. The molecule has 0 radical (unpaired) electrons. The summed E-state index contributed by atoms with van der Waals surface area (Å²) >= 11 is 0. The lowest BCUT2D eigenvalue weighted by Gasteiger charge is -2.00. The van der Waals surface area contributed by atoms with Gasteiger partial charge in [0.05, 0.1) is 23.3 Å². The lowest BCUT2D eigenvalue weighted by molar-refractivity contribution is 0.0937. The maximum absolute atomic E-state index is 12.1. The van der Waals surface area contributed by atoms with Crippen LogP contribution in [0.5, 0.6) is 0 Å². The molecule has 0 unspecified atom stereocenters. The zero-order valence-electron chi connectivity index (χ0n) is 16.0. The van der Waals surface area contributed by atoms with Crippen molar-refractivity contribution in [3.63, 3.8) is 0 Å². The number of nitrogens with zero attached hydrogens (tertiary/aromatic N) is 4. The molecule has 0 fully saturated rings. The number of imidazole rings is 1. The molecular formula is C21H22N6O2. The van der Waals surface area contributed by atoms with Gasteiger partial charge in [0.2, 0.25) is 5.89 Å². The predicted octanol–water partition coefficient (Wildman–Crippen LogP) is 3.23. The number of hydrogen-bond acceptors (Lipinski definition) is 6. The van der Waals surface area contributed by atoms with E-state index in [9.17, 15) is 4.79 Å². The van der Waals surface area contributed by atoms with Crippen molar-refractivity contribution in [2.24, 2.45) is 0 Å². The van der Waals surface area contributed by atoms with E-state index in [0.29, 0.717) is 18.9 Å². The maximum atomic E-state index is 12.1. The van der Waals surface area contributed by atoms with E-state index < -0.39 is 0 Å². The quantitative estimate of drug-likeness (QED) is 0.425. The molecule has 0 aliphatic heterocycles. The summed E-state index contributed by atoms with van der Waals surface area (Å²) in [5, 5.41) is 6.50. The second kappa shape index (κ2) is 9.09. The SMILES string of the molecule is O=C(NCc1ccccn1)c1noc(CCCCCc2nc3ccccc3[nH]2)n1. The molecule has 4 rings (SSSR count). The van der Waals surface area contributed by atoms with E-state index in [1.54, 1.807) is 6.20 Å². The van der Waals surface area contributed by atoms with Crippen LogP contribution in [0.1, 0.15) is 47.3 Å². The number of amides is 1. The molecule has 1 amide bonds. The third-order valence-corrected chi connectivity index (χ3v) is 4.57. The van der Waals surface area contributed by atoms with Crippen molar-refractivity contribution in [3.8, 4) is 0 Å². The molecule has 0 aliphatic rings. The van der Waals surface area contributed by atoms with E-state index in [1.807, 2.05) is 42.5 Å². The number of aromatic amines is 1. The summed E-state index contributed by atoms with van der Waals surface area (Å²) in [6, 6.07) is 13.6. The van der Waals surface area contributed by atoms with Crippen LogP contribution in [0, 0.1) is 0 Å². The van der Waals surface area contributed by atoms with Crippen LogP contribution < -0.4 is 5.32 Å². The standard InChI is InChI=1S/C21H22N6O2/c28-21(23-14-15-8-6-7-13-22-15)20-26-19(29-27-20)12-3-1-2-11-18-24-16-9-4-5-10-17(16)25-18/h4-10,13H,1-3,11-12,14H2,(H,23,28)(H,24,25). The summed E-state index contributed by atoms with van der Waals surface area (Å²) in [6.07, 6.45) is 6.19. The Morgan fingerprint density at radius 3 is 2.72 bits per heavy atom. The molecule has 8 heteroatoms. The lowest BCUT2D eigenvalue weighted by atomic mass is 10.1. The van der Waals surface area contributed by atoms with E-state index in [1.165, 1.54) is 0 Å². The first-order chi connectivity index (χ1) is 14.3. The highest BCUT2D eigenvalue weighted by Gasteiger charge is 2.14. The second-order valence-corrected chi connectivity index (χ2v) is 6.78. The van der Waals surface area contributed by atoms with Crippen LogP contribution in [0.3, 0.4) is 0 Å². The van der Waals surface area contributed by atoms with Crippen molar-refractivity contribution in [1.82, 2.24) is 30.4 Å². The second-order valence-electron chi connectivity index (χ2n) is 6.78. The minimum Gasteiger partial charge on any atom is -0.344 e. The van der Waals surface area contributed by atoms with Crippen molar-refractivity contribution in [3.05, 3.63) is 71.9 Å². The predicted molar refractivity (Wildman–Crippen MR) is 107 cm³/mol. The van der Waals surface area contributed by atoms with Crippen molar-refractivity contribution in [2.75, 3.05) is 0 Å². The molecule has 0 aliphatic carbocycles. The zero-order valence-corrected chi connectivity index (χ0v) is 16.0. The summed E-state index contributed by atoms with van der Waals surface area (Å²) in [4.78, 5) is 28.4. The molecule has 0 saturated carbocycles. The normalized spacial score (nSPS) is 11.0. The monoisotopic (exact) mass is 390 g/mol. The fourth-order valence-corrected chi connectivity index (χ4v) is 3.07. The highest BCUT2D eigenvalue weighted by molar-refractivity contribution is 5.90. The summed E-state index contributed by atoms with van der Waals surface area (Å²) in [6.45, 7) is 0.325. The average molecular weight is 390 g/mol. The van der Waals surface area contributed by atoms with Crippen LogP contribution >= 0.6 is 0 Å². The minimum atomic E-state index is -0.365. The van der Waals surface area contributed by atoms with Gasteiger partial charge < -0.3 is 14.8 Å². The van der Waals surface area contributed by atoms with Crippen molar-refractivity contribution < 1.29 is 9.32 Å². The van der Waals surface area contributed by atoms with E-state index in [2.05, 4.69) is 30.4 Å². The van der Waals surface area contributed by atoms with E-state index >= 15 is 0 Å². The minimum absolute atomic E-state index is 0.0539. The first-order valence-electron chi connectivity index (χ1n) is 9.72. The number of aromatic nitrogens is 5. The topological polar surface area (TPSA) is 110 Å². The number of benzene rings is 1. The van der Waals surface area contributed by atoms with Gasteiger partial charge in [-0.05, 0) is 37.1 Å². The Balaban J connectivity index is 1.17. The van der Waals surface area contributed by atoms with Crippen LogP contribution in [0.2, 0.25) is 0 Å². The molecule has 0 atom stereocenters. The molecule has 0 saturated heterocycles. The van der Waals surface area contributed by atoms with Gasteiger partial charge in [-0.3, -0.25) is 9.78 Å². The van der Waals surface area contributed by atoms with Gasteiger partial charge in [-0.15, -0.1) is 0 Å². The highest BCUT2D eigenvalue weighted by Crippen LogP contribution is 2.13. The van der Waals surface area contributed by atoms with Crippen LogP contribution in [-0.4, -0.2) is 31.0 Å². The number of aryl methyl sites for hydroxylation is 2. The molecule has 2 N–H and O–H groups in total. The molecule has 148 valence electrons. The first-order valence-corrected chi connectivity index (χ1v) is 9.72. The van der Waals surface area contributed by atoms with Gasteiger partial charge in [-0.2, -0.15) is 4.98 Å². The summed E-state index contributed by atoms with van der Waals surface area (Å²) < 4.78 is 5.19. The number of pyridine rings is 1. The summed E-state index contributed by atoms with van der Waals surface area (Å²) in [5.41, 5.74) is 2.85. The van der Waals surface area contributed by atoms with Gasteiger partial charge in [-0.25, -0.2) is 4.98 Å². The summed E-state index contributed by atoms with van der Waals surface area (Å²) in [7, 11) is 0. The lowest BCUT2D eigenvalue weighted by Crippen LogP contribution is -2.24. The van der Waals surface area contributed by atoms with Crippen molar-refractivity contribution in [2.45, 2.75) is 38.6 Å². The molecule has 1 aromatic carbocycles. The first kappa shape index (κ1) is 18.8. The van der Waals surface area contributed by atoms with Crippen LogP contribution in [0.15, 0.2) is 53.2 Å². The molecule has 0 spiro atoms. The van der Waals surface area contributed by atoms with Crippen LogP contribution in [0.25, 0.3) is 11.0 Å². The Morgan fingerprint density at radius 1 is 1.00 bits per heavy atom. The van der Waals surface area contributed by atoms with Crippen LogP contribution in [0.4, 0.5) is 0 Å². The number of hydrogen-bond donors (Lipinski definition) is 2. The number of fused-ring (bicyclic) bond motifs is 1. The van der Waals surface area contributed by atoms with Gasteiger partial charge >= 0.3 is 0 Å². The average Bonchev–Trinajstić information content (AvgIpc) is 3.39. The number of rotatable bonds is 9. The summed E-state index contributed by atoms with van der Waals surface area (Å²) in [5.74, 6) is 1.18. The molecule has 0 bridgehead atoms. The molecule has 4 aromatic rings. The van der Waals surface area contributed by atoms with Gasteiger partial charge in [0.1, 0.15) is 5.82 Å². The Labute approximate surface area is 167 Å². The molecule has 3 aromatic heterocycles. The number of para-hydroxylation sites is 2. The van der Waals surface area contributed by atoms with Crippen LogP contribution in [-0.2, 0) is 19.4 Å². The Kier molecular flexibility index (Phi) is 5.89. The molecule has 8 nitrogen and oxygen atoms in total. The third kappa shape index (κ3) is 5.04. The third-order valence-electron chi connectivity index (χ3n) is 4.57. The molecule has 29 heavy (non-hydrogen) atoms. The number of carbonyl (C=O) groups is 1. The Morgan fingerprint density at radius 2 is 1.86 bits per heavy atom. The Bertz CT molecular complexity index is 1040. The maximum Gasteiger partial charge on any atom is 0.293 e.